The third kappa shape index (κ3) is 6.55. The highest BCUT2D eigenvalue weighted by Gasteiger charge is 2.21. The van der Waals surface area contributed by atoms with Gasteiger partial charge in [0.1, 0.15) is 0 Å². The van der Waals surface area contributed by atoms with Crippen LogP contribution in [0.2, 0.25) is 0 Å². The van der Waals surface area contributed by atoms with Crippen molar-refractivity contribution in [3.8, 4) is 0 Å². The van der Waals surface area contributed by atoms with Crippen molar-refractivity contribution < 1.29 is 0 Å². The molecule has 98 valence electrons. The third-order valence-corrected chi connectivity index (χ3v) is 4.04. The molecule has 0 nitrogen and oxygen atoms in total. The summed E-state index contributed by atoms with van der Waals surface area (Å²) in [6.07, 6.45) is 11.3. The van der Waals surface area contributed by atoms with Gasteiger partial charge in [-0.1, -0.05) is 86.0 Å². The van der Waals surface area contributed by atoms with Crippen molar-refractivity contribution >= 4 is 0 Å². The van der Waals surface area contributed by atoms with Crippen molar-refractivity contribution in [2.45, 2.75) is 86.0 Å². The van der Waals surface area contributed by atoms with Crippen LogP contribution in [0.3, 0.4) is 0 Å². The normalized spacial score (nSPS) is 15.4. The van der Waals surface area contributed by atoms with Crippen LogP contribution in [0.5, 0.6) is 0 Å². The van der Waals surface area contributed by atoms with E-state index in [-0.39, 0.29) is 0 Å². The average Bonchev–Trinajstić information content (AvgIpc) is 2.25. The van der Waals surface area contributed by atoms with Gasteiger partial charge in [-0.15, -0.1) is 0 Å². The zero-order valence-corrected chi connectivity index (χ0v) is 12.4. The van der Waals surface area contributed by atoms with E-state index in [1.54, 1.807) is 0 Å². The minimum atomic E-state index is 0.869. The quantitative estimate of drug-likeness (QED) is 0.397. The van der Waals surface area contributed by atoms with Crippen LogP contribution in [-0.2, 0) is 0 Å². The molecule has 16 heavy (non-hydrogen) atoms. The van der Waals surface area contributed by atoms with Gasteiger partial charge in [0.2, 0.25) is 0 Å². The molecule has 0 bridgehead atoms. The Balaban J connectivity index is 4.14. The molecule has 0 aliphatic rings. The Hall–Kier alpha value is 0. The first-order valence-electron chi connectivity index (χ1n) is 7.67. The maximum Gasteiger partial charge on any atom is -0.0365 e. The third-order valence-electron chi connectivity index (χ3n) is 4.04. The SMILES string of the molecule is CCCCCC(CCCC)C(CC)C(C)C. The molecule has 0 amide bonds. The number of hydrogen-bond donors (Lipinski definition) is 0. The van der Waals surface area contributed by atoms with Crippen molar-refractivity contribution in [1.82, 2.24) is 0 Å². The maximum atomic E-state index is 2.41. The predicted molar refractivity (Wildman–Crippen MR) is 75.8 cm³/mol. The smallest absolute Gasteiger partial charge is 0.0365 e. The molecular weight excluding hydrogens is 192 g/mol. The lowest BCUT2D eigenvalue weighted by Gasteiger charge is -2.29. The van der Waals surface area contributed by atoms with Crippen LogP contribution in [0.25, 0.3) is 0 Å². The van der Waals surface area contributed by atoms with E-state index in [0.717, 1.165) is 17.8 Å². The zero-order chi connectivity index (χ0) is 12.4. The molecular formula is C16H34. The van der Waals surface area contributed by atoms with Gasteiger partial charge in [-0.3, -0.25) is 0 Å². The summed E-state index contributed by atoms with van der Waals surface area (Å²) >= 11 is 0. The minimum absolute atomic E-state index is 0.869. The number of hydrogen-bond acceptors (Lipinski definition) is 0. The zero-order valence-electron chi connectivity index (χ0n) is 12.4. The van der Waals surface area contributed by atoms with E-state index in [4.69, 9.17) is 0 Å². The van der Waals surface area contributed by atoms with Gasteiger partial charge in [0.15, 0.2) is 0 Å². The molecule has 0 rings (SSSR count). The Kier molecular flexibility index (Phi) is 10.2. The Morgan fingerprint density at radius 2 is 1.31 bits per heavy atom. The van der Waals surface area contributed by atoms with Crippen LogP contribution in [0.15, 0.2) is 0 Å². The van der Waals surface area contributed by atoms with Crippen LogP contribution in [0.4, 0.5) is 0 Å². The van der Waals surface area contributed by atoms with Crippen molar-refractivity contribution in [1.29, 1.82) is 0 Å². The molecule has 0 aliphatic carbocycles. The van der Waals surface area contributed by atoms with Crippen LogP contribution in [0.1, 0.15) is 86.0 Å². The Labute approximate surface area is 104 Å². The van der Waals surface area contributed by atoms with Crippen LogP contribution in [-0.4, -0.2) is 0 Å². The Bertz CT molecular complexity index is 137. The largest absolute Gasteiger partial charge is 0.0654 e. The molecule has 0 aromatic heterocycles. The fourth-order valence-electron chi connectivity index (χ4n) is 3.04. The lowest BCUT2D eigenvalue weighted by Crippen LogP contribution is -2.20. The summed E-state index contributed by atoms with van der Waals surface area (Å²) in [4.78, 5) is 0. The van der Waals surface area contributed by atoms with Crippen molar-refractivity contribution in [3.05, 3.63) is 0 Å². The Morgan fingerprint density at radius 1 is 0.750 bits per heavy atom. The predicted octanol–water partition coefficient (Wildman–Crippen LogP) is 6.06. The lowest BCUT2D eigenvalue weighted by molar-refractivity contribution is 0.211. The van der Waals surface area contributed by atoms with Gasteiger partial charge in [-0.25, -0.2) is 0 Å². The van der Waals surface area contributed by atoms with Gasteiger partial charge in [0.05, 0.1) is 0 Å². The molecule has 0 heterocycles. The van der Waals surface area contributed by atoms with E-state index in [1.165, 1.54) is 51.4 Å². The second-order valence-electron chi connectivity index (χ2n) is 5.71. The fraction of sp³-hybridized carbons (Fsp3) is 1.00. The molecule has 0 N–H and O–H groups in total. The van der Waals surface area contributed by atoms with Gasteiger partial charge in [-0.05, 0) is 17.8 Å². The lowest BCUT2D eigenvalue weighted by atomic mass is 9.76. The maximum absolute atomic E-state index is 2.41. The first-order chi connectivity index (χ1) is 7.67. The molecule has 0 aliphatic heterocycles. The summed E-state index contributed by atoms with van der Waals surface area (Å²) in [5.74, 6) is 2.83. The molecule has 0 saturated heterocycles. The van der Waals surface area contributed by atoms with Crippen LogP contribution < -0.4 is 0 Å². The Morgan fingerprint density at radius 3 is 1.75 bits per heavy atom. The van der Waals surface area contributed by atoms with E-state index < -0.39 is 0 Å². The van der Waals surface area contributed by atoms with Crippen molar-refractivity contribution in [2.75, 3.05) is 0 Å². The first-order valence-corrected chi connectivity index (χ1v) is 7.67. The van der Waals surface area contributed by atoms with Gasteiger partial charge in [0, 0.05) is 0 Å². The van der Waals surface area contributed by atoms with Crippen molar-refractivity contribution in [2.24, 2.45) is 17.8 Å². The van der Waals surface area contributed by atoms with Gasteiger partial charge >= 0.3 is 0 Å². The highest BCUT2D eigenvalue weighted by molar-refractivity contribution is 4.72. The topological polar surface area (TPSA) is 0 Å². The molecule has 2 unspecified atom stereocenters. The van der Waals surface area contributed by atoms with Crippen LogP contribution >= 0.6 is 0 Å². The second kappa shape index (κ2) is 10.2. The standard InChI is InChI=1S/C16H34/c1-6-9-11-13-15(12-10-7-2)16(8-3)14(4)5/h14-16H,6-13H2,1-5H3. The second-order valence-corrected chi connectivity index (χ2v) is 5.71. The fourth-order valence-corrected chi connectivity index (χ4v) is 3.04. The highest BCUT2D eigenvalue weighted by Crippen LogP contribution is 2.32. The molecule has 0 heteroatoms. The van der Waals surface area contributed by atoms with Gasteiger partial charge in [-0.2, -0.15) is 0 Å². The summed E-state index contributed by atoms with van der Waals surface area (Å²) in [6, 6.07) is 0. The molecule has 0 radical (unpaired) electrons. The van der Waals surface area contributed by atoms with E-state index in [2.05, 4.69) is 34.6 Å². The monoisotopic (exact) mass is 226 g/mol. The molecule has 0 aromatic carbocycles. The van der Waals surface area contributed by atoms with Gasteiger partial charge in [0.25, 0.3) is 0 Å². The average molecular weight is 226 g/mol. The summed E-state index contributed by atoms with van der Waals surface area (Å²) in [5, 5.41) is 0. The molecule has 0 aromatic rings. The summed E-state index contributed by atoms with van der Waals surface area (Å²) in [6.45, 7) is 11.8. The van der Waals surface area contributed by atoms with E-state index >= 15 is 0 Å². The molecule has 0 spiro atoms. The van der Waals surface area contributed by atoms with Crippen molar-refractivity contribution in [3.63, 3.8) is 0 Å². The summed E-state index contributed by atoms with van der Waals surface area (Å²) in [7, 11) is 0. The molecule has 0 fully saturated rings. The molecule has 0 saturated carbocycles. The molecule has 2 atom stereocenters. The summed E-state index contributed by atoms with van der Waals surface area (Å²) < 4.78 is 0. The van der Waals surface area contributed by atoms with Crippen LogP contribution in [0, 0.1) is 17.8 Å². The summed E-state index contributed by atoms with van der Waals surface area (Å²) in [5.41, 5.74) is 0. The van der Waals surface area contributed by atoms with E-state index in [0.29, 0.717) is 0 Å². The number of unbranched alkanes of at least 4 members (excludes halogenated alkanes) is 3. The first kappa shape index (κ1) is 16.0. The highest BCUT2D eigenvalue weighted by atomic mass is 14.3. The number of rotatable bonds is 10. The van der Waals surface area contributed by atoms with Gasteiger partial charge < -0.3 is 0 Å². The van der Waals surface area contributed by atoms with E-state index in [1.807, 2.05) is 0 Å². The van der Waals surface area contributed by atoms with E-state index in [9.17, 15) is 0 Å². The minimum Gasteiger partial charge on any atom is -0.0654 e.